The fourth-order valence-corrected chi connectivity index (χ4v) is 4.93. The molecular formula is C23H32N8O. The Morgan fingerprint density at radius 2 is 2.19 bits per heavy atom. The fourth-order valence-electron chi connectivity index (χ4n) is 4.93. The second-order valence-electron chi connectivity index (χ2n) is 8.82. The van der Waals surface area contributed by atoms with Crippen molar-refractivity contribution in [2.45, 2.75) is 51.4 Å². The highest BCUT2D eigenvalue weighted by Gasteiger charge is 2.37. The second kappa shape index (κ2) is 8.91. The molecule has 2 saturated heterocycles. The summed E-state index contributed by atoms with van der Waals surface area (Å²) in [5, 5.41) is 11.6. The van der Waals surface area contributed by atoms with Gasteiger partial charge in [-0.3, -0.25) is 9.58 Å². The molecule has 0 spiro atoms. The van der Waals surface area contributed by atoms with Crippen LogP contribution in [-0.4, -0.2) is 63.5 Å². The minimum absolute atomic E-state index is 0.255. The number of piperazine rings is 1. The van der Waals surface area contributed by atoms with Gasteiger partial charge in [0, 0.05) is 43.8 Å². The molecule has 0 saturated carbocycles. The van der Waals surface area contributed by atoms with Crippen molar-refractivity contribution in [1.82, 2.24) is 30.0 Å². The third-order valence-corrected chi connectivity index (χ3v) is 6.55. The van der Waals surface area contributed by atoms with E-state index in [0.717, 1.165) is 67.2 Å². The van der Waals surface area contributed by atoms with Crippen LogP contribution in [0.15, 0.2) is 24.4 Å². The average Bonchev–Trinajstić information content (AvgIpc) is 3.50. The minimum atomic E-state index is 0.255. The molecule has 0 aliphatic carbocycles. The topological polar surface area (TPSA) is 106 Å². The summed E-state index contributed by atoms with van der Waals surface area (Å²) in [6.07, 6.45) is 5.18. The summed E-state index contributed by atoms with van der Waals surface area (Å²) in [7, 11) is 1.71. The van der Waals surface area contributed by atoms with Gasteiger partial charge < -0.3 is 21.1 Å². The Kier molecular flexibility index (Phi) is 5.84. The molecule has 9 nitrogen and oxygen atoms in total. The number of nitrogen functional groups attached to an aromatic ring is 1. The van der Waals surface area contributed by atoms with E-state index in [4.69, 9.17) is 10.5 Å². The predicted octanol–water partition coefficient (Wildman–Crippen LogP) is 2.22. The molecule has 2 aliphatic rings. The minimum Gasteiger partial charge on any atom is -0.496 e. The third kappa shape index (κ3) is 4.10. The van der Waals surface area contributed by atoms with E-state index < -0.39 is 0 Å². The van der Waals surface area contributed by atoms with Gasteiger partial charge in [-0.15, -0.1) is 0 Å². The number of methoxy groups -OCH3 is 1. The first-order valence-electron chi connectivity index (χ1n) is 11.5. The third-order valence-electron chi connectivity index (χ3n) is 6.55. The van der Waals surface area contributed by atoms with E-state index in [-0.39, 0.29) is 5.95 Å². The van der Waals surface area contributed by atoms with Crippen molar-refractivity contribution in [3.05, 3.63) is 35.5 Å². The van der Waals surface area contributed by atoms with Crippen LogP contribution in [0.25, 0.3) is 11.0 Å². The molecule has 5 rings (SSSR count). The van der Waals surface area contributed by atoms with Crippen LogP contribution in [-0.2, 0) is 13.1 Å². The summed E-state index contributed by atoms with van der Waals surface area (Å²) in [4.78, 5) is 11.4. The smallest absolute Gasteiger partial charge is 0.222 e. The van der Waals surface area contributed by atoms with Crippen LogP contribution in [0, 0.1) is 0 Å². The standard InChI is InChI=1S/C23H32N8O/c1-3-4-7-25-22-21-19(28-23(24)29-22)11-27-31(21)13-16-8-15(5-6-20(16)32-2)12-30-14-17-9-18(30)10-26-17/h5-6,8,11,17-18,26H,3-4,7,9-10,12-14H2,1-2H3,(H3,24,25,28,29). The molecule has 2 unspecified atom stereocenters. The summed E-state index contributed by atoms with van der Waals surface area (Å²) in [6, 6.07) is 7.79. The lowest BCUT2D eigenvalue weighted by Crippen LogP contribution is -2.42. The molecule has 2 atom stereocenters. The fraction of sp³-hybridized carbons (Fsp3) is 0.522. The molecule has 170 valence electrons. The van der Waals surface area contributed by atoms with Crippen molar-refractivity contribution in [1.29, 1.82) is 0 Å². The van der Waals surface area contributed by atoms with Gasteiger partial charge in [0.25, 0.3) is 0 Å². The number of nitrogens with two attached hydrogens (primary N) is 1. The van der Waals surface area contributed by atoms with Crippen molar-refractivity contribution in [3.63, 3.8) is 0 Å². The summed E-state index contributed by atoms with van der Waals surface area (Å²) in [5.74, 6) is 1.85. The van der Waals surface area contributed by atoms with Crippen LogP contribution in [0.1, 0.15) is 37.3 Å². The molecule has 2 aliphatic heterocycles. The lowest BCUT2D eigenvalue weighted by Gasteiger charge is -2.27. The molecule has 2 aromatic heterocycles. The summed E-state index contributed by atoms with van der Waals surface area (Å²) in [6.45, 7) is 6.76. The molecule has 3 aromatic rings. The molecule has 1 aromatic carbocycles. The molecular weight excluding hydrogens is 404 g/mol. The molecule has 4 N–H and O–H groups in total. The maximum absolute atomic E-state index is 5.93. The van der Waals surface area contributed by atoms with E-state index in [2.05, 4.69) is 55.7 Å². The number of hydrogen-bond acceptors (Lipinski definition) is 8. The summed E-state index contributed by atoms with van der Waals surface area (Å²) < 4.78 is 7.61. The average molecular weight is 437 g/mol. The molecule has 2 bridgehead atoms. The van der Waals surface area contributed by atoms with Crippen LogP contribution in [0.4, 0.5) is 11.8 Å². The number of likely N-dealkylation sites (tertiary alicyclic amines) is 1. The van der Waals surface area contributed by atoms with Gasteiger partial charge >= 0.3 is 0 Å². The number of fused-ring (bicyclic) bond motifs is 3. The molecule has 9 heteroatoms. The Balaban J connectivity index is 1.42. The number of ether oxygens (including phenoxy) is 1. The Hall–Kier alpha value is -2.91. The first-order chi connectivity index (χ1) is 15.6. The number of anilines is 2. The molecule has 2 fully saturated rings. The number of hydrogen-bond donors (Lipinski definition) is 3. The van der Waals surface area contributed by atoms with Crippen LogP contribution >= 0.6 is 0 Å². The Labute approximate surface area is 188 Å². The first kappa shape index (κ1) is 21.0. The Morgan fingerprint density at radius 3 is 2.94 bits per heavy atom. The van der Waals surface area contributed by atoms with Gasteiger partial charge in [0.2, 0.25) is 5.95 Å². The van der Waals surface area contributed by atoms with Gasteiger partial charge in [-0.05, 0) is 30.5 Å². The normalized spacial score (nSPS) is 20.3. The van der Waals surface area contributed by atoms with Gasteiger partial charge in [-0.2, -0.15) is 10.1 Å². The number of nitrogens with one attached hydrogen (secondary N) is 2. The Morgan fingerprint density at radius 1 is 1.28 bits per heavy atom. The van der Waals surface area contributed by atoms with Crippen molar-refractivity contribution in [2.75, 3.05) is 37.8 Å². The highest BCUT2D eigenvalue weighted by Crippen LogP contribution is 2.29. The lowest BCUT2D eigenvalue weighted by molar-refractivity contribution is 0.217. The maximum atomic E-state index is 5.93. The SMILES string of the molecule is CCCCNc1nc(N)nc2cnn(Cc3cc(CN4CC5CC4CN5)ccc3OC)c12. The van der Waals surface area contributed by atoms with Crippen LogP contribution in [0.2, 0.25) is 0 Å². The van der Waals surface area contributed by atoms with Crippen LogP contribution in [0.3, 0.4) is 0 Å². The number of aromatic nitrogens is 4. The number of benzene rings is 1. The van der Waals surface area contributed by atoms with E-state index in [1.807, 2.05) is 4.68 Å². The largest absolute Gasteiger partial charge is 0.496 e. The number of unbranched alkanes of at least 4 members (excludes halogenated alkanes) is 1. The van der Waals surface area contributed by atoms with Crippen LogP contribution in [0.5, 0.6) is 5.75 Å². The summed E-state index contributed by atoms with van der Waals surface area (Å²) >= 11 is 0. The van der Waals surface area contributed by atoms with E-state index in [0.29, 0.717) is 18.6 Å². The van der Waals surface area contributed by atoms with Crippen LogP contribution < -0.4 is 21.1 Å². The molecule has 4 heterocycles. The van der Waals surface area contributed by atoms with E-state index in [1.165, 1.54) is 12.0 Å². The van der Waals surface area contributed by atoms with Crippen molar-refractivity contribution in [3.8, 4) is 5.75 Å². The zero-order valence-electron chi connectivity index (χ0n) is 18.8. The van der Waals surface area contributed by atoms with Crippen molar-refractivity contribution >= 4 is 22.8 Å². The van der Waals surface area contributed by atoms with Gasteiger partial charge in [-0.1, -0.05) is 19.4 Å². The molecule has 0 radical (unpaired) electrons. The number of nitrogens with zero attached hydrogens (tertiary/aromatic N) is 5. The monoisotopic (exact) mass is 436 g/mol. The first-order valence-corrected chi connectivity index (χ1v) is 11.5. The number of rotatable bonds is 9. The van der Waals surface area contributed by atoms with Gasteiger partial charge in [-0.25, -0.2) is 4.98 Å². The Bertz CT molecular complexity index is 1100. The van der Waals surface area contributed by atoms with Gasteiger partial charge in [0.15, 0.2) is 5.82 Å². The zero-order valence-corrected chi connectivity index (χ0v) is 18.8. The lowest BCUT2D eigenvalue weighted by atomic mass is 10.1. The van der Waals surface area contributed by atoms with Crippen molar-refractivity contribution < 1.29 is 4.74 Å². The molecule has 32 heavy (non-hydrogen) atoms. The van der Waals surface area contributed by atoms with E-state index >= 15 is 0 Å². The quantitative estimate of drug-likeness (QED) is 0.439. The summed E-state index contributed by atoms with van der Waals surface area (Å²) in [5.41, 5.74) is 9.93. The highest BCUT2D eigenvalue weighted by atomic mass is 16.5. The maximum Gasteiger partial charge on any atom is 0.222 e. The van der Waals surface area contributed by atoms with Gasteiger partial charge in [0.1, 0.15) is 16.8 Å². The molecule has 0 amide bonds. The zero-order chi connectivity index (χ0) is 22.1. The van der Waals surface area contributed by atoms with E-state index in [9.17, 15) is 0 Å². The van der Waals surface area contributed by atoms with Gasteiger partial charge in [0.05, 0.1) is 19.9 Å². The highest BCUT2D eigenvalue weighted by molar-refractivity contribution is 5.86. The second-order valence-corrected chi connectivity index (χ2v) is 8.82. The van der Waals surface area contributed by atoms with E-state index in [1.54, 1.807) is 13.3 Å². The predicted molar refractivity (Wildman–Crippen MR) is 126 cm³/mol. The van der Waals surface area contributed by atoms with Crippen molar-refractivity contribution in [2.24, 2.45) is 0 Å².